The number of hydrogen-bond acceptors (Lipinski definition) is 6. The number of aliphatic imine (C=N–C) groups is 1. The highest BCUT2D eigenvalue weighted by atomic mass is 32.2. The van der Waals surface area contributed by atoms with Gasteiger partial charge in [0, 0.05) is 43.4 Å². The maximum atomic E-state index is 5.26. The number of nitrogens with zero attached hydrogens (tertiary/aromatic N) is 4. The van der Waals surface area contributed by atoms with Crippen LogP contribution in [0.1, 0.15) is 5.82 Å². The maximum absolute atomic E-state index is 5.26. The van der Waals surface area contributed by atoms with E-state index in [0.29, 0.717) is 30.4 Å². The Bertz CT molecular complexity index is 838. The van der Waals surface area contributed by atoms with E-state index in [1.165, 1.54) is 4.90 Å². The first kappa shape index (κ1) is 18.9. The van der Waals surface area contributed by atoms with Crippen LogP contribution >= 0.6 is 11.8 Å². The summed E-state index contributed by atoms with van der Waals surface area (Å²) in [6.45, 7) is 1.48. The summed E-state index contributed by atoms with van der Waals surface area (Å²) in [7, 11) is 1.76. The minimum absolute atomic E-state index is 0.436. The molecule has 2 heterocycles. The molecule has 27 heavy (non-hydrogen) atoms. The van der Waals surface area contributed by atoms with Gasteiger partial charge in [-0.15, -0.1) is 11.8 Å². The standard InChI is InChI=1S/C19H22N6OS/c1-20-19(23-13-14-27-15-7-3-2-4-8-15)22-12-10-17-24-18(26-25-17)16-9-5-6-11-21-16/h2-9,11H,10,12-14H2,1H3,(H2,20,22,23). The molecular formula is C19H22N6OS. The number of benzene rings is 1. The summed E-state index contributed by atoms with van der Waals surface area (Å²) in [6.07, 6.45) is 2.34. The van der Waals surface area contributed by atoms with Gasteiger partial charge in [-0.05, 0) is 24.3 Å². The fourth-order valence-corrected chi connectivity index (χ4v) is 3.11. The third kappa shape index (κ3) is 6.10. The summed E-state index contributed by atoms with van der Waals surface area (Å²) in [5.74, 6) is 2.80. The molecule has 0 fully saturated rings. The van der Waals surface area contributed by atoms with Crippen molar-refractivity contribution >= 4 is 17.7 Å². The van der Waals surface area contributed by atoms with Crippen LogP contribution in [0.2, 0.25) is 0 Å². The van der Waals surface area contributed by atoms with Crippen molar-refractivity contribution in [3.05, 3.63) is 60.6 Å². The van der Waals surface area contributed by atoms with Gasteiger partial charge < -0.3 is 15.2 Å². The molecule has 2 aromatic heterocycles. The van der Waals surface area contributed by atoms with Crippen LogP contribution in [-0.4, -0.2) is 47.0 Å². The molecule has 0 aliphatic carbocycles. The molecule has 0 aliphatic rings. The van der Waals surface area contributed by atoms with Gasteiger partial charge in [-0.1, -0.05) is 29.4 Å². The molecule has 0 radical (unpaired) electrons. The van der Waals surface area contributed by atoms with Crippen LogP contribution in [0.4, 0.5) is 0 Å². The van der Waals surface area contributed by atoms with Crippen LogP contribution in [0, 0.1) is 0 Å². The van der Waals surface area contributed by atoms with E-state index in [9.17, 15) is 0 Å². The molecule has 0 unspecified atom stereocenters. The van der Waals surface area contributed by atoms with Crippen molar-refractivity contribution in [3.63, 3.8) is 0 Å². The van der Waals surface area contributed by atoms with Crippen LogP contribution in [0.5, 0.6) is 0 Å². The molecule has 7 nitrogen and oxygen atoms in total. The third-order valence-corrected chi connectivity index (χ3v) is 4.64. The first-order chi connectivity index (χ1) is 13.3. The lowest BCUT2D eigenvalue weighted by Crippen LogP contribution is -2.39. The van der Waals surface area contributed by atoms with Gasteiger partial charge >= 0.3 is 0 Å². The van der Waals surface area contributed by atoms with E-state index < -0.39 is 0 Å². The van der Waals surface area contributed by atoms with Crippen molar-refractivity contribution in [1.29, 1.82) is 0 Å². The Morgan fingerprint density at radius 2 is 1.89 bits per heavy atom. The van der Waals surface area contributed by atoms with Crippen molar-refractivity contribution in [3.8, 4) is 11.6 Å². The normalized spacial score (nSPS) is 11.4. The van der Waals surface area contributed by atoms with E-state index in [-0.39, 0.29) is 0 Å². The quantitative estimate of drug-likeness (QED) is 0.268. The molecular weight excluding hydrogens is 360 g/mol. The van der Waals surface area contributed by atoms with Gasteiger partial charge in [0.15, 0.2) is 11.8 Å². The van der Waals surface area contributed by atoms with Gasteiger partial charge in [-0.2, -0.15) is 4.98 Å². The van der Waals surface area contributed by atoms with Crippen LogP contribution in [-0.2, 0) is 6.42 Å². The molecule has 0 bridgehead atoms. The van der Waals surface area contributed by atoms with Crippen LogP contribution < -0.4 is 10.6 Å². The first-order valence-corrected chi connectivity index (χ1v) is 9.70. The first-order valence-electron chi connectivity index (χ1n) is 8.71. The van der Waals surface area contributed by atoms with Gasteiger partial charge in [-0.3, -0.25) is 9.98 Å². The summed E-state index contributed by atoms with van der Waals surface area (Å²) in [4.78, 5) is 14.1. The van der Waals surface area contributed by atoms with E-state index in [0.717, 1.165) is 18.3 Å². The Morgan fingerprint density at radius 3 is 2.67 bits per heavy atom. The summed E-state index contributed by atoms with van der Waals surface area (Å²) >= 11 is 1.81. The Morgan fingerprint density at radius 1 is 1.07 bits per heavy atom. The molecule has 0 spiro atoms. The number of aromatic nitrogens is 3. The predicted molar refractivity (Wildman–Crippen MR) is 108 cm³/mol. The largest absolute Gasteiger partial charge is 0.356 e. The van der Waals surface area contributed by atoms with E-state index in [4.69, 9.17) is 4.52 Å². The second-order valence-electron chi connectivity index (χ2n) is 5.57. The summed E-state index contributed by atoms with van der Waals surface area (Å²) in [6, 6.07) is 15.9. The van der Waals surface area contributed by atoms with Crippen LogP contribution in [0.25, 0.3) is 11.6 Å². The lowest BCUT2D eigenvalue weighted by Gasteiger charge is -2.10. The average molecular weight is 382 g/mol. The van der Waals surface area contributed by atoms with Crippen LogP contribution in [0.3, 0.4) is 0 Å². The molecule has 0 amide bonds. The number of thioether (sulfide) groups is 1. The minimum Gasteiger partial charge on any atom is -0.356 e. The molecule has 140 valence electrons. The zero-order valence-corrected chi connectivity index (χ0v) is 15.9. The molecule has 0 atom stereocenters. The van der Waals surface area contributed by atoms with E-state index in [1.807, 2.05) is 48.2 Å². The summed E-state index contributed by atoms with van der Waals surface area (Å²) in [5, 5.41) is 10.6. The SMILES string of the molecule is CN=C(NCCSc1ccccc1)NCCc1noc(-c2ccccn2)n1. The number of hydrogen-bond donors (Lipinski definition) is 2. The molecule has 3 aromatic rings. The Kier molecular flexibility index (Phi) is 7.23. The molecule has 3 rings (SSSR count). The highest BCUT2D eigenvalue weighted by molar-refractivity contribution is 7.99. The van der Waals surface area contributed by atoms with Crippen molar-refractivity contribution in [2.24, 2.45) is 4.99 Å². The van der Waals surface area contributed by atoms with Crippen LogP contribution in [0.15, 0.2) is 69.1 Å². The zero-order chi connectivity index (χ0) is 18.7. The van der Waals surface area contributed by atoms with Crippen molar-refractivity contribution in [2.75, 3.05) is 25.9 Å². The van der Waals surface area contributed by atoms with Crippen molar-refractivity contribution in [1.82, 2.24) is 25.8 Å². The molecule has 0 saturated heterocycles. The fraction of sp³-hybridized carbons (Fsp3) is 0.263. The second kappa shape index (κ2) is 10.3. The highest BCUT2D eigenvalue weighted by Crippen LogP contribution is 2.15. The molecule has 0 saturated carbocycles. The molecule has 2 N–H and O–H groups in total. The molecule has 8 heteroatoms. The highest BCUT2D eigenvalue weighted by Gasteiger charge is 2.09. The van der Waals surface area contributed by atoms with E-state index in [1.54, 1.807) is 13.2 Å². The Balaban J connectivity index is 1.37. The van der Waals surface area contributed by atoms with Crippen molar-refractivity contribution in [2.45, 2.75) is 11.3 Å². The smallest absolute Gasteiger partial charge is 0.276 e. The predicted octanol–water partition coefficient (Wildman–Crippen LogP) is 2.63. The van der Waals surface area contributed by atoms with E-state index in [2.05, 4.69) is 42.9 Å². The second-order valence-corrected chi connectivity index (χ2v) is 6.74. The van der Waals surface area contributed by atoms with Gasteiger partial charge in [0.1, 0.15) is 5.69 Å². The lowest BCUT2D eigenvalue weighted by atomic mass is 10.3. The van der Waals surface area contributed by atoms with Gasteiger partial charge in [-0.25, -0.2) is 0 Å². The molecule has 0 aliphatic heterocycles. The van der Waals surface area contributed by atoms with Crippen molar-refractivity contribution < 1.29 is 4.52 Å². The number of guanidine groups is 1. The average Bonchev–Trinajstić information content (AvgIpc) is 3.20. The number of pyridine rings is 1. The Hall–Kier alpha value is -2.87. The van der Waals surface area contributed by atoms with Gasteiger partial charge in [0.2, 0.25) is 0 Å². The summed E-state index contributed by atoms with van der Waals surface area (Å²) < 4.78 is 5.26. The third-order valence-electron chi connectivity index (χ3n) is 3.62. The topological polar surface area (TPSA) is 88.2 Å². The van der Waals surface area contributed by atoms with E-state index >= 15 is 0 Å². The number of nitrogens with one attached hydrogen (secondary N) is 2. The fourth-order valence-electron chi connectivity index (χ4n) is 2.32. The van der Waals surface area contributed by atoms with Gasteiger partial charge in [0.25, 0.3) is 5.89 Å². The Labute approximate surface area is 162 Å². The van der Waals surface area contributed by atoms with Gasteiger partial charge in [0.05, 0.1) is 0 Å². The zero-order valence-electron chi connectivity index (χ0n) is 15.1. The molecule has 1 aromatic carbocycles. The lowest BCUT2D eigenvalue weighted by molar-refractivity contribution is 0.421. The number of rotatable bonds is 8. The summed E-state index contributed by atoms with van der Waals surface area (Å²) in [5.41, 5.74) is 0.678. The minimum atomic E-state index is 0.436. The maximum Gasteiger partial charge on any atom is 0.276 e. The monoisotopic (exact) mass is 382 g/mol.